The fraction of sp³-hybridized carbons (Fsp3) is 0.200. The van der Waals surface area contributed by atoms with E-state index in [2.05, 4.69) is 9.97 Å². The number of fused-ring (bicyclic) bond motifs is 1. The minimum Gasteiger partial charge on any atom is -0.486 e. The molecule has 9 heteroatoms. The van der Waals surface area contributed by atoms with Crippen LogP contribution in [0.5, 0.6) is 5.75 Å². The number of carbonyl (C=O) groups excluding carboxylic acids is 1. The molecule has 0 saturated carbocycles. The summed E-state index contributed by atoms with van der Waals surface area (Å²) in [5.74, 6) is 0.179. The number of aryl methyl sites for hydroxylation is 2. The van der Waals surface area contributed by atoms with Crippen LogP contribution in [0.25, 0.3) is 4.96 Å². The van der Waals surface area contributed by atoms with Gasteiger partial charge >= 0.3 is 5.97 Å². The van der Waals surface area contributed by atoms with Crippen molar-refractivity contribution in [2.75, 3.05) is 0 Å². The van der Waals surface area contributed by atoms with E-state index >= 15 is 0 Å². The summed E-state index contributed by atoms with van der Waals surface area (Å²) in [4.78, 5) is 33.6. The molecule has 4 rings (SSSR count). The zero-order valence-electron chi connectivity index (χ0n) is 15.7. The van der Waals surface area contributed by atoms with E-state index in [-0.39, 0.29) is 24.5 Å². The van der Waals surface area contributed by atoms with Crippen molar-refractivity contribution >= 4 is 33.6 Å². The largest absolute Gasteiger partial charge is 0.486 e. The Balaban J connectivity index is 1.36. The molecule has 29 heavy (non-hydrogen) atoms. The maximum absolute atomic E-state index is 12.3. The van der Waals surface area contributed by atoms with Crippen LogP contribution in [0.2, 0.25) is 0 Å². The molecule has 0 spiro atoms. The molecule has 3 heterocycles. The SMILES string of the molecule is Cc1ccc(OCc2nc(C(=O)OCc3cc(=O)n4c(C)csc4n3)cs2)cc1. The first-order valence-electron chi connectivity index (χ1n) is 8.77. The number of benzene rings is 1. The molecule has 148 valence electrons. The molecule has 0 aliphatic heterocycles. The number of aromatic nitrogens is 3. The van der Waals surface area contributed by atoms with Crippen LogP contribution in [0.4, 0.5) is 0 Å². The fourth-order valence-corrected chi connectivity index (χ4v) is 4.20. The maximum atomic E-state index is 12.3. The lowest BCUT2D eigenvalue weighted by molar-refractivity contribution is 0.0461. The van der Waals surface area contributed by atoms with Gasteiger partial charge in [-0.2, -0.15) is 0 Å². The second-order valence-corrected chi connectivity index (χ2v) is 8.16. The molecule has 0 unspecified atom stereocenters. The van der Waals surface area contributed by atoms with E-state index in [1.807, 2.05) is 43.5 Å². The van der Waals surface area contributed by atoms with E-state index in [9.17, 15) is 9.59 Å². The highest BCUT2D eigenvalue weighted by Crippen LogP contribution is 2.17. The van der Waals surface area contributed by atoms with Gasteiger partial charge in [0.25, 0.3) is 5.56 Å². The first kappa shape index (κ1) is 19.3. The first-order chi connectivity index (χ1) is 14.0. The molecule has 3 aromatic heterocycles. The lowest BCUT2D eigenvalue weighted by Gasteiger charge is -2.04. The molecule has 0 amide bonds. The smallest absolute Gasteiger partial charge is 0.358 e. The van der Waals surface area contributed by atoms with Gasteiger partial charge in [-0.05, 0) is 26.0 Å². The van der Waals surface area contributed by atoms with Crippen molar-refractivity contribution < 1.29 is 14.3 Å². The predicted molar refractivity (Wildman–Crippen MR) is 111 cm³/mol. The Bertz CT molecular complexity index is 1220. The van der Waals surface area contributed by atoms with Gasteiger partial charge < -0.3 is 9.47 Å². The van der Waals surface area contributed by atoms with Gasteiger partial charge in [0.05, 0.1) is 5.69 Å². The number of hydrogen-bond acceptors (Lipinski definition) is 8. The molecule has 0 atom stereocenters. The zero-order valence-corrected chi connectivity index (χ0v) is 17.4. The van der Waals surface area contributed by atoms with Gasteiger partial charge in [0.15, 0.2) is 10.7 Å². The summed E-state index contributed by atoms with van der Waals surface area (Å²) in [6.45, 7) is 4.03. The van der Waals surface area contributed by atoms with Gasteiger partial charge in [-0.3, -0.25) is 9.20 Å². The number of ether oxygens (including phenoxy) is 2. The van der Waals surface area contributed by atoms with Crippen molar-refractivity contribution in [1.82, 2.24) is 14.4 Å². The number of rotatable bonds is 6. The number of nitrogens with zero attached hydrogens (tertiary/aromatic N) is 3. The average molecular weight is 428 g/mol. The van der Waals surface area contributed by atoms with Crippen LogP contribution in [0.3, 0.4) is 0 Å². The third-order valence-corrected chi connectivity index (χ3v) is 5.89. The Morgan fingerprint density at radius 2 is 1.86 bits per heavy atom. The number of carbonyl (C=O) groups is 1. The second kappa shape index (κ2) is 8.14. The van der Waals surface area contributed by atoms with Crippen molar-refractivity contribution in [2.45, 2.75) is 27.1 Å². The molecular formula is C20H17N3O4S2. The van der Waals surface area contributed by atoms with Crippen molar-refractivity contribution in [3.05, 3.63) is 79.1 Å². The quantitative estimate of drug-likeness (QED) is 0.436. The van der Waals surface area contributed by atoms with Gasteiger partial charge in [0.1, 0.15) is 24.0 Å². The molecule has 7 nitrogen and oxygen atoms in total. The third kappa shape index (κ3) is 4.36. The highest BCUT2D eigenvalue weighted by atomic mass is 32.1. The molecule has 4 aromatic rings. The van der Waals surface area contributed by atoms with Crippen molar-refractivity contribution in [2.24, 2.45) is 0 Å². The van der Waals surface area contributed by atoms with Crippen LogP contribution in [-0.2, 0) is 18.0 Å². The van der Waals surface area contributed by atoms with Gasteiger partial charge in [0.2, 0.25) is 0 Å². The van der Waals surface area contributed by atoms with E-state index in [0.29, 0.717) is 15.7 Å². The molecule has 0 bridgehead atoms. The molecule has 0 aliphatic rings. The number of hydrogen-bond donors (Lipinski definition) is 0. The normalized spacial score (nSPS) is 11.0. The summed E-state index contributed by atoms with van der Waals surface area (Å²) >= 11 is 2.69. The highest BCUT2D eigenvalue weighted by Gasteiger charge is 2.14. The molecule has 0 fully saturated rings. The third-order valence-electron chi connectivity index (χ3n) is 4.12. The van der Waals surface area contributed by atoms with Crippen molar-refractivity contribution in [3.63, 3.8) is 0 Å². The number of thiazole rings is 2. The Labute approximate surface area is 174 Å². The molecule has 0 saturated heterocycles. The van der Waals surface area contributed by atoms with Crippen LogP contribution in [0.1, 0.15) is 32.4 Å². The van der Waals surface area contributed by atoms with E-state index in [4.69, 9.17) is 9.47 Å². The summed E-state index contributed by atoms with van der Waals surface area (Å²) in [6.07, 6.45) is 0. The fourth-order valence-electron chi connectivity index (χ4n) is 2.64. The summed E-state index contributed by atoms with van der Waals surface area (Å²) in [5.41, 5.74) is 2.41. The Hall–Kier alpha value is -3.04. The van der Waals surface area contributed by atoms with E-state index < -0.39 is 5.97 Å². The van der Waals surface area contributed by atoms with Crippen LogP contribution >= 0.6 is 22.7 Å². The standard InChI is InChI=1S/C20H17N3O4S2/c1-12-3-5-15(6-4-12)26-9-17-22-16(11-28-17)19(25)27-8-14-7-18(24)23-13(2)10-29-20(23)21-14/h3-7,10-11H,8-9H2,1-2H3. The lowest BCUT2D eigenvalue weighted by atomic mass is 10.2. The monoisotopic (exact) mass is 427 g/mol. The van der Waals surface area contributed by atoms with E-state index in [1.165, 1.54) is 33.1 Å². The summed E-state index contributed by atoms with van der Waals surface area (Å²) in [5, 5.41) is 4.16. The second-order valence-electron chi connectivity index (χ2n) is 6.39. The lowest BCUT2D eigenvalue weighted by Crippen LogP contribution is -2.16. The van der Waals surface area contributed by atoms with Crippen molar-refractivity contribution in [3.8, 4) is 5.75 Å². The first-order valence-corrected chi connectivity index (χ1v) is 10.5. The summed E-state index contributed by atoms with van der Waals surface area (Å²) in [7, 11) is 0. The summed E-state index contributed by atoms with van der Waals surface area (Å²) < 4.78 is 12.5. The van der Waals surface area contributed by atoms with Crippen LogP contribution in [0, 0.1) is 13.8 Å². The number of esters is 1. The van der Waals surface area contributed by atoms with Crippen LogP contribution < -0.4 is 10.3 Å². The van der Waals surface area contributed by atoms with E-state index in [0.717, 1.165) is 17.0 Å². The van der Waals surface area contributed by atoms with Gasteiger partial charge in [-0.25, -0.2) is 14.8 Å². The average Bonchev–Trinajstić information content (AvgIpc) is 3.33. The Morgan fingerprint density at radius 1 is 1.07 bits per heavy atom. The molecule has 1 aromatic carbocycles. The molecular weight excluding hydrogens is 410 g/mol. The van der Waals surface area contributed by atoms with Gasteiger partial charge in [-0.15, -0.1) is 22.7 Å². The Kier molecular flexibility index (Phi) is 5.41. The molecule has 0 radical (unpaired) electrons. The van der Waals surface area contributed by atoms with Crippen LogP contribution in [0.15, 0.2) is 45.9 Å². The maximum Gasteiger partial charge on any atom is 0.358 e. The summed E-state index contributed by atoms with van der Waals surface area (Å²) in [6, 6.07) is 9.09. The van der Waals surface area contributed by atoms with Crippen LogP contribution in [-0.4, -0.2) is 20.3 Å². The van der Waals surface area contributed by atoms with E-state index in [1.54, 1.807) is 5.38 Å². The minimum atomic E-state index is -0.563. The minimum absolute atomic E-state index is 0.0890. The molecule has 0 N–H and O–H groups in total. The topological polar surface area (TPSA) is 82.8 Å². The predicted octanol–water partition coefficient (Wildman–Crippen LogP) is 3.77. The van der Waals surface area contributed by atoms with Crippen molar-refractivity contribution in [1.29, 1.82) is 0 Å². The Morgan fingerprint density at radius 3 is 2.66 bits per heavy atom. The highest BCUT2D eigenvalue weighted by molar-refractivity contribution is 7.15. The molecule has 0 aliphatic carbocycles. The zero-order chi connectivity index (χ0) is 20.4. The van der Waals surface area contributed by atoms with Gasteiger partial charge in [0, 0.05) is 22.5 Å². The van der Waals surface area contributed by atoms with Gasteiger partial charge in [-0.1, -0.05) is 17.7 Å².